The smallest absolute Gasteiger partial charge is 0.327 e. The summed E-state index contributed by atoms with van der Waals surface area (Å²) < 4.78 is 37.7. The molecule has 2 fully saturated rings. The Morgan fingerprint density at radius 1 is 1.29 bits per heavy atom. The van der Waals surface area contributed by atoms with E-state index in [0.29, 0.717) is 24.1 Å². The highest BCUT2D eigenvalue weighted by molar-refractivity contribution is 5.17. The van der Waals surface area contributed by atoms with E-state index in [1.54, 1.807) is 6.92 Å². The first-order chi connectivity index (χ1) is 9.84. The lowest BCUT2D eigenvalue weighted by molar-refractivity contribution is -0.145. The Balaban J connectivity index is 1.71. The van der Waals surface area contributed by atoms with Gasteiger partial charge in [0.1, 0.15) is 0 Å². The van der Waals surface area contributed by atoms with Crippen LogP contribution in [0.1, 0.15) is 29.9 Å². The van der Waals surface area contributed by atoms with Crippen LogP contribution in [0.4, 0.5) is 13.2 Å². The summed E-state index contributed by atoms with van der Waals surface area (Å²) >= 11 is 0. The quantitative estimate of drug-likeness (QED) is 0.907. The summed E-state index contributed by atoms with van der Waals surface area (Å²) in [4.78, 5) is 9.32. The van der Waals surface area contributed by atoms with Gasteiger partial charge in [-0.1, -0.05) is 0 Å². The van der Waals surface area contributed by atoms with Crippen molar-refractivity contribution in [2.45, 2.75) is 38.5 Å². The maximum absolute atomic E-state index is 12.6. The van der Waals surface area contributed by atoms with Crippen molar-refractivity contribution in [2.24, 2.45) is 17.6 Å². The number of likely N-dealkylation sites (tertiary alicyclic amines) is 1. The molecule has 1 unspecified atom stereocenters. The number of halogens is 3. The molecule has 2 heterocycles. The number of rotatable bonds is 2. The molecule has 0 radical (unpaired) electrons. The Labute approximate surface area is 121 Å². The molecule has 21 heavy (non-hydrogen) atoms. The Hall–Kier alpha value is -1.21. The number of hydrogen-bond donors (Lipinski definition) is 1. The van der Waals surface area contributed by atoms with Crippen LogP contribution in [-0.4, -0.2) is 34.0 Å². The van der Waals surface area contributed by atoms with Gasteiger partial charge in [0.25, 0.3) is 0 Å². The van der Waals surface area contributed by atoms with Crippen LogP contribution < -0.4 is 5.73 Å². The van der Waals surface area contributed by atoms with E-state index in [4.69, 9.17) is 5.73 Å². The zero-order chi connectivity index (χ0) is 15.2. The first kappa shape index (κ1) is 14.7. The van der Waals surface area contributed by atoms with Gasteiger partial charge in [-0.05, 0) is 31.6 Å². The second-order valence-electron chi connectivity index (χ2n) is 6.17. The summed E-state index contributed by atoms with van der Waals surface area (Å²) in [7, 11) is 0. The molecule has 2 aliphatic rings. The summed E-state index contributed by atoms with van der Waals surface area (Å²) in [6.45, 7) is 4.04. The van der Waals surface area contributed by atoms with Crippen LogP contribution in [0.15, 0.2) is 6.20 Å². The number of fused-ring (bicyclic) bond motifs is 2. The Morgan fingerprint density at radius 2 is 1.90 bits per heavy atom. The van der Waals surface area contributed by atoms with Crippen molar-refractivity contribution in [3.63, 3.8) is 0 Å². The van der Waals surface area contributed by atoms with Crippen LogP contribution in [0.25, 0.3) is 0 Å². The van der Waals surface area contributed by atoms with Crippen molar-refractivity contribution in [1.82, 2.24) is 14.9 Å². The average Bonchev–Trinajstić information content (AvgIpc) is 2.62. The van der Waals surface area contributed by atoms with E-state index in [1.165, 1.54) is 6.20 Å². The first-order valence-electron chi connectivity index (χ1n) is 7.22. The van der Waals surface area contributed by atoms with Crippen LogP contribution in [0, 0.1) is 18.8 Å². The highest BCUT2D eigenvalue weighted by atomic mass is 19.4. The Morgan fingerprint density at radius 3 is 2.43 bits per heavy atom. The highest BCUT2D eigenvalue weighted by Gasteiger charge is 2.40. The standard InChI is InChI=1S/C14H19F3N4/c1-8-11(4-19-13(20-8)14(15,16)17)7-21-5-9-2-3-10(6-21)12(9)18/h4,9-10,12H,2-3,5-7,18H2,1H3/t9-,10+,12?. The summed E-state index contributed by atoms with van der Waals surface area (Å²) in [5, 5.41) is 0. The molecule has 0 spiro atoms. The second-order valence-corrected chi connectivity index (χ2v) is 6.17. The van der Waals surface area contributed by atoms with Gasteiger partial charge in [-0.15, -0.1) is 0 Å². The number of nitrogens with zero attached hydrogens (tertiary/aromatic N) is 3. The van der Waals surface area contributed by atoms with Crippen molar-refractivity contribution >= 4 is 0 Å². The Kier molecular flexibility index (Phi) is 3.65. The lowest BCUT2D eigenvalue weighted by Gasteiger charge is -2.36. The molecule has 4 nitrogen and oxygen atoms in total. The predicted molar refractivity (Wildman–Crippen MR) is 71.2 cm³/mol. The molecule has 1 saturated carbocycles. The molecule has 0 amide bonds. The van der Waals surface area contributed by atoms with Crippen molar-refractivity contribution in [1.29, 1.82) is 0 Å². The van der Waals surface area contributed by atoms with Crippen molar-refractivity contribution in [3.8, 4) is 0 Å². The molecule has 1 saturated heterocycles. The fourth-order valence-corrected chi connectivity index (χ4v) is 3.52. The minimum absolute atomic E-state index is 0.284. The number of nitrogens with two attached hydrogens (primary N) is 1. The second kappa shape index (κ2) is 5.21. The van der Waals surface area contributed by atoms with Gasteiger partial charge in [0.2, 0.25) is 5.82 Å². The summed E-state index contributed by atoms with van der Waals surface area (Å²) in [6, 6.07) is 0.284. The van der Waals surface area contributed by atoms with Gasteiger partial charge in [0.05, 0.1) is 0 Å². The average molecular weight is 300 g/mol. The van der Waals surface area contributed by atoms with Crippen LogP contribution in [0.3, 0.4) is 0 Å². The summed E-state index contributed by atoms with van der Waals surface area (Å²) in [6.07, 6.45) is -0.864. The maximum atomic E-state index is 12.6. The van der Waals surface area contributed by atoms with E-state index in [-0.39, 0.29) is 6.04 Å². The van der Waals surface area contributed by atoms with Gasteiger partial charge < -0.3 is 5.73 Å². The number of aromatic nitrogens is 2. The van der Waals surface area contributed by atoms with E-state index in [0.717, 1.165) is 31.5 Å². The number of piperidine rings is 1. The molecule has 1 aromatic heterocycles. The molecule has 3 atom stereocenters. The van der Waals surface area contributed by atoms with E-state index < -0.39 is 12.0 Å². The minimum atomic E-state index is -4.49. The molecule has 2 N–H and O–H groups in total. The van der Waals surface area contributed by atoms with Gasteiger partial charge >= 0.3 is 6.18 Å². The van der Waals surface area contributed by atoms with Gasteiger partial charge in [0, 0.05) is 43.1 Å². The fraction of sp³-hybridized carbons (Fsp3) is 0.714. The third kappa shape index (κ3) is 2.89. The Bertz CT molecular complexity index is 517. The van der Waals surface area contributed by atoms with Gasteiger partial charge in [-0.2, -0.15) is 13.2 Å². The van der Waals surface area contributed by atoms with Crippen LogP contribution in [0.2, 0.25) is 0 Å². The zero-order valence-electron chi connectivity index (χ0n) is 11.9. The third-order valence-corrected chi connectivity index (χ3v) is 4.71. The third-order valence-electron chi connectivity index (χ3n) is 4.71. The molecular formula is C14H19F3N4. The van der Waals surface area contributed by atoms with Gasteiger partial charge in [-0.3, -0.25) is 4.90 Å². The molecular weight excluding hydrogens is 281 g/mol. The zero-order valence-corrected chi connectivity index (χ0v) is 11.9. The molecule has 3 rings (SSSR count). The predicted octanol–water partition coefficient (Wildman–Crippen LogP) is 1.97. The topological polar surface area (TPSA) is 55.0 Å². The normalized spacial score (nSPS) is 29.9. The van der Waals surface area contributed by atoms with Crippen LogP contribution in [0.5, 0.6) is 0 Å². The lowest BCUT2D eigenvalue weighted by atomic mass is 9.93. The van der Waals surface area contributed by atoms with Gasteiger partial charge in [-0.25, -0.2) is 9.97 Å². The van der Waals surface area contributed by atoms with Crippen molar-refractivity contribution < 1.29 is 13.2 Å². The monoisotopic (exact) mass is 300 g/mol. The number of aryl methyl sites for hydroxylation is 1. The number of hydrogen-bond acceptors (Lipinski definition) is 4. The molecule has 7 heteroatoms. The molecule has 1 aliphatic heterocycles. The SMILES string of the molecule is Cc1nc(C(F)(F)F)ncc1CN1C[C@H]2CC[C@@H](C1)C2N. The van der Waals surface area contributed by atoms with E-state index in [2.05, 4.69) is 14.9 Å². The largest absolute Gasteiger partial charge is 0.451 e. The van der Waals surface area contributed by atoms with E-state index in [9.17, 15) is 13.2 Å². The fourth-order valence-electron chi connectivity index (χ4n) is 3.52. The summed E-state index contributed by atoms with van der Waals surface area (Å²) in [5.41, 5.74) is 7.33. The molecule has 1 aliphatic carbocycles. The van der Waals surface area contributed by atoms with Crippen LogP contribution >= 0.6 is 0 Å². The van der Waals surface area contributed by atoms with Crippen LogP contribution in [-0.2, 0) is 12.7 Å². The van der Waals surface area contributed by atoms with Gasteiger partial charge in [0.15, 0.2) is 0 Å². The maximum Gasteiger partial charge on any atom is 0.451 e. The molecule has 116 valence electrons. The van der Waals surface area contributed by atoms with E-state index >= 15 is 0 Å². The van der Waals surface area contributed by atoms with E-state index in [1.807, 2.05) is 0 Å². The number of alkyl halides is 3. The molecule has 1 aromatic rings. The minimum Gasteiger partial charge on any atom is -0.327 e. The lowest BCUT2D eigenvalue weighted by Crippen LogP contribution is -2.48. The van der Waals surface area contributed by atoms with Crippen molar-refractivity contribution in [3.05, 3.63) is 23.3 Å². The molecule has 0 aromatic carbocycles. The summed E-state index contributed by atoms with van der Waals surface area (Å²) in [5.74, 6) is -0.0386. The van der Waals surface area contributed by atoms with Crippen molar-refractivity contribution in [2.75, 3.05) is 13.1 Å². The molecule has 2 bridgehead atoms. The highest BCUT2D eigenvalue weighted by Crippen LogP contribution is 2.36. The first-order valence-corrected chi connectivity index (χ1v) is 7.22.